The highest BCUT2D eigenvalue weighted by Gasteiger charge is 2.14. The lowest BCUT2D eigenvalue weighted by Gasteiger charge is -2.20. The van der Waals surface area contributed by atoms with Crippen molar-refractivity contribution in [2.24, 2.45) is 5.92 Å². The van der Waals surface area contributed by atoms with E-state index >= 15 is 0 Å². The van der Waals surface area contributed by atoms with E-state index in [1.165, 1.54) is 0 Å². The second kappa shape index (κ2) is 6.44. The average Bonchev–Trinajstić information content (AvgIpc) is 2.05. The molecule has 1 unspecified atom stereocenters. The van der Waals surface area contributed by atoms with Crippen molar-refractivity contribution in [2.45, 2.75) is 20.3 Å². The number of nitriles is 1. The summed E-state index contributed by atoms with van der Waals surface area (Å²) in [6.45, 7) is 5.21. The molecule has 0 saturated heterocycles. The first-order chi connectivity index (χ1) is 6.11. The van der Waals surface area contributed by atoms with Crippen LogP contribution in [0.3, 0.4) is 0 Å². The summed E-state index contributed by atoms with van der Waals surface area (Å²) in [5, 5.41) is 17.1. The number of carboxylic acid groups (broad SMARTS) is 1. The molecule has 0 aliphatic carbocycles. The maximum Gasteiger partial charge on any atom is 0.307 e. The van der Waals surface area contributed by atoms with Crippen LogP contribution in [0.5, 0.6) is 0 Å². The Balaban J connectivity index is 3.94. The zero-order valence-electron chi connectivity index (χ0n) is 8.16. The molecule has 0 saturated carbocycles. The summed E-state index contributed by atoms with van der Waals surface area (Å²) >= 11 is 0. The Hall–Kier alpha value is -1.08. The Morgan fingerprint density at radius 3 is 2.69 bits per heavy atom. The summed E-state index contributed by atoms with van der Waals surface area (Å²) in [6, 6.07) is 2.03. The largest absolute Gasteiger partial charge is 0.481 e. The van der Waals surface area contributed by atoms with Crippen molar-refractivity contribution in [3.05, 3.63) is 0 Å². The molecule has 0 aromatic rings. The second-order valence-corrected chi connectivity index (χ2v) is 3.13. The molecule has 0 bridgehead atoms. The molecule has 4 heteroatoms. The molecule has 0 aromatic heterocycles. The molecule has 0 spiro atoms. The topological polar surface area (TPSA) is 64.3 Å². The van der Waals surface area contributed by atoms with Crippen molar-refractivity contribution in [1.82, 2.24) is 4.90 Å². The molecule has 0 heterocycles. The van der Waals surface area contributed by atoms with Crippen molar-refractivity contribution in [3.8, 4) is 6.07 Å². The van der Waals surface area contributed by atoms with E-state index in [9.17, 15) is 4.79 Å². The Morgan fingerprint density at radius 2 is 2.31 bits per heavy atom. The maximum absolute atomic E-state index is 10.5. The average molecular weight is 184 g/mol. The number of rotatable bonds is 6. The Bertz CT molecular complexity index is 198. The van der Waals surface area contributed by atoms with E-state index < -0.39 is 11.9 Å². The van der Waals surface area contributed by atoms with Gasteiger partial charge in [0.05, 0.1) is 18.5 Å². The highest BCUT2D eigenvalue weighted by molar-refractivity contribution is 5.69. The van der Waals surface area contributed by atoms with Gasteiger partial charge < -0.3 is 5.11 Å². The van der Waals surface area contributed by atoms with Gasteiger partial charge in [0.25, 0.3) is 0 Å². The Morgan fingerprint density at radius 1 is 1.69 bits per heavy atom. The Kier molecular flexibility index (Phi) is 5.90. The first-order valence-corrected chi connectivity index (χ1v) is 4.43. The highest BCUT2D eigenvalue weighted by Crippen LogP contribution is 2.00. The minimum absolute atomic E-state index is 0.311. The van der Waals surface area contributed by atoms with Crippen LogP contribution in [0.2, 0.25) is 0 Å². The van der Waals surface area contributed by atoms with Crippen LogP contribution in [0, 0.1) is 17.2 Å². The standard InChI is InChI=1S/C9H16N2O2/c1-3-5-11(6-4-10)7-8(2)9(12)13/h8H,3,5-7H2,1-2H3,(H,12,13). The lowest BCUT2D eigenvalue weighted by molar-refractivity contribution is -0.141. The van der Waals surface area contributed by atoms with E-state index in [0.29, 0.717) is 13.1 Å². The summed E-state index contributed by atoms with van der Waals surface area (Å²) < 4.78 is 0. The van der Waals surface area contributed by atoms with Crippen molar-refractivity contribution in [1.29, 1.82) is 5.26 Å². The van der Waals surface area contributed by atoms with Gasteiger partial charge in [0.1, 0.15) is 0 Å². The van der Waals surface area contributed by atoms with Crippen LogP contribution < -0.4 is 0 Å². The van der Waals surface area contributed by atoms with Gasteiger partial charge in [-0.25, -0.2) is 0 Å². The SMILES string of the molecule is CCCN(CC#N)CC(C)C(=O)O. The van der Waals surface area contributed by atoms with Crippen LogP contribution in [0.1, 0.15) is 20.3 Å². The van der Waals surface area contributed by atoms with Gasteiger partial charge in [-0.3, -0.25) is 9.69 Å². The van der Waals surface area contributed by atoms with Crippen LogP contribution >= 0.6 is 0 Å². The van der Waals surface area contributed by atoms with Crippen molar-refractivity contribution in [3.63, 3.8) is 0 Å². The molecule has 1 atom stereocenters. The van der Waals surface area contributed by atoms with Gasteiger partial charge in [-0.1, -0.05) is 13.8 Å². The fraction of sp³-hybridized carbons (Fsp3) is 0.778. The van der Waals surface area contributed by atoms with Crippen LogP contribution in [0.15, 0.2) is 0 Å². The molecule has 0 amide bonds. The predicted octanol–water partition coefficient (Wildman–Crippen LogP) is 0.943. The van der Waals surface area contributed by atoms with Gasteiger partial charge in [-0.15, -0.1) is 0 Å². The lowest BCUT2D eigenvalue weighted by atomic mass is 10.1. The third-order valence-electron chi connectivity index (χ3n) is 1.79. The minimum atomic E-state index is -0.806. The fourth-order valence-electron chi connectivity index (χ4n) is 1.12. The summed E-state index contributed by atoms with van der Waals surface area (Å²) in [4.78, 5) is 12.4. The number of aliphatic carboxylic acids is 1. The van der Waals surface area contributed by atoms with Crippen molar-refractivity contribution >= 4 is 5.97 Å². The van der Waals surface area contributed by atoms with E-state index in [-0.39, 0.29) is 0 Å². The van der Waals surface area contributed by atoms with E-state index in [0.717, 1.165) is 13.0 Å². The number of carbonyl (C=O) groups is 1. The van der Waals surface area contributed by atoms with Gasteiger partial charge in [0.15, 0.2) is 0 Å². The van der Waals surface area contributed by atoms with E-state index in [2.05, 4.69) is 0 Å². The quantitative estimate of drug-likeness (QED) is 0.624. The van der Waals surface area contributed by atoms with Gasteiger partial charge >= 0.3 is 5.97 Å². The maximum atomic E-state index is 10.5. The first-order valence-electron chi connectivity index (χ1n) is 4.43. The van der Waals surface area contributed by atoms with Gasteiger partial charge in [-0.2, -0.15) is 5.26 Å². The molecular formula is C9H16N2O2. The van der Waals surface area contributed by atoms with Crippen LogP contribution in [-0.4, -0.2) is 35.6 Å². The molecule has 74 valence electrons. The minimum Gasteiger partial charge on any atom is -0.481 e. The molecule has 0 aliphatic rings. The molecule has 13 heavy (non-hydrogen) atoms. The molecule has 0 aromatic carbocycles. The molecular weight excluding hydrogens is 168 g/mol. The third kappa shape index (κ3) is 5.21. The van der Waals surface area contributed by atoms with E-state index in [4.69, 9.17) is 10.4 Å². The number of nitrogens with zero attached hydrogens (tertiary/aromatic N) is 2. The summed E-state index contributed by atoms with van der Waals surface area (Å²) in [5.74, 6) is -1.21. The molecule has 4 nitrogen and oxygen atoms in total. The van der Waals surface area contributed by atoms with Gasteiger partial charge in [-0.05, 0) is 13.0 Å². The van der Waals surface area contributed by atoms with Gasteiger partial charge in [0, 0.05) is 6.54 Å². The normalized spacial score (nSPS) is 12.5. The number of hydrogen-bond donors (Lipinski definition) is 1. The van der Waals surface area contributed by atoms with Crippen LogP contribution in [-0.2, 0) is 4.79 Å². The van der Waals surface area contributed by atoms with Crippen LogP contribution in [0.25, 0.3) is 0 Å². The fourth-order valence-corrected chi connectivity index (χ4v) is 1.12. The van der Waals surface area contributed by atoms with Crippen LogP contribution in [0.4, 0.5) is 0 Å². The summed E-state index contributed by atoms with van der Waals surface area (Å²) in [5.41, 5.74) is 0. The second-order valence-electron chi connectivity index (χ2n) is 3.13. The zero-order valence-corrected chi connectivity index (χ0v) is 8.16. The first kappa shape index (κ1) is 11.9. The number of carboxylic acids is 1. The van der Waals surface area contributed by atoms with E-state index in [1.54, 1.807) is 6.92 Å². The van der Waals surface area contributed by atoms with E-state index in [1.807, 2.05) is 17.9 Å². The zero-order chi connectivity index (χ0) is 10.3. The molecule has 0 radical (unpaired) electrons. The van der Waals surface area contributed by atoms with Crippen molar-refractivity contribution < 1.29 is 9.90 Å². The lowest BCUT2D eigenvalue weighted by Crippen LogP contribution is -2.32. The number of hydrogen-bond acceptors (Lipinski definition) is 3. The highest BCUT2D eigenvalue weighted by atomic mass is 16.4. The predicted molar refractivity (Wildman–Crippen MR) is 49.1 cm³/mol. The Labute approximate surface area is 78.8 Å². The smallest absolute Gasteiger partial charge is 0.307 e. The third-order valence-corrected chi connectivity index (χ3v) is 1.79. The summed E-state index contributed by atoms with van der Waals surface area (Å²) in [6.07, 6.45) is 0.939. The monoisotopic (exact) mass is 184 g/mol. The molecule has 1 N–H and O–H groups in total. The molecule has 0 fully saturated rings. The van der Waals surface area contributed by atoms with Crippen molar-refractivity contribution in [2.75, 3.05) is 19.6 Å². The van der Waals surface area contributed by atoms with Gasteiger partial charge in [0.2, 0.25) is 0 Å². The molecule has 0 rings (SSSR count). The summed E-state index contributed by atoms with van der Waals surface area (Å²) in [7, 11) is 0. The molecule has 0 aliphatic heterocycles.